The molecule has 0 unspecified atom stereocenters. The fraction of sp³-hybridized carbons (Fsp3) is 0.833. The van der Waals surface area contributed by atoms with Crippen molar-refractivity contribution < 1.29 is 9.53 Å². The summed E-state index contributed by atoms with van der Waals surface area (Å²) < 4.78 is 6.94. The minimum atomic E-state index is -1.98. The van der Waals surface area contributed by atoms with Crippen molar-refractivity contribution in [2.45, 2.75) is 83.2 Å². The number of nitrogens with zero attached hydrogens (tertiary/aromatic N) is 3. The quantitative estimate of drug-likeness (QED) is 0.634. The topological polar surface area (TPSA) is 80.2 Å². The first kappa shape index (κ1) is 21.5. The van der Waals surface area contributed by atoms with Gasteiger partial charge in [-0.05, 0) is 41.1 Å². The van der Waals surface area contributed by atoms with Crippen molar-refractivity contribution in [1.82, 2.24) is 15.0 Å². The van der Waals surface area contributed by atoms with E-state index < -0.39 is 8.32 Å². The minimum Gasteiger partial charge on any atom is -0.413 e. The average molecular weight is 401 g/mol. The molecule has 2 rings (SSSR count). The summed E-state index contributed by atoms with van der Waals surface area (Å²) in [6.07, 6.45) is 3.14. The number of aliphatic hydroxyl groups excluding tert-OH is 1. The highest BCUT2D eigenvalue weighted by Crippen LogP contribution is 2.45. The van der Waals surface area contributed by atoms with E-state index in [2.05, 4.69) is 61.8 Å². The second-order valence-electron chi connectivity index (χ2n) is 8.31. The van der Waals surface area contributed by atoms with E-state index in [1.165, 1.54) is 6.33 Å². The molecule has 1 saturated carbocycles. The zero-order chi connectivity index (χ0) is 19.5. The highest BCUT2D eigenvalue weighted by Gasteiger charge is 2.49. The number of nitrogens with one attached hydrogen (secondary N) is 1. The predicted octanol–water partition coefficient (Wildman–Crippen LogP) is 4.27. The van der Waals surface area contributed by atoms with Crippen LogP contribution in [0.5, 0.6) is 0 Å². The molecule has 1 fully saturated rings. The van der Waals surface area contributed by atoms with Crippen LogP contribution >= 0.6 is 11.6 Å². The molecule has 8 heteroatoms. The number of aromatic nitrogens is 3. The first-order chi connectivity index (χ1) is 12.2. The van der Waals surface area contributed by atoms with Crippen molar-refractivity contribution >= 4 is 25.9 Å². The molecule has 1 aromatic rings. The zero-order valence-corrected chi connectivity index (χ0v) is 18.5. The third-order valence-electron chi connectivity index (χ3n) is 5.80. The number of anilines is 1. The maximum atomic E-state index is 9.92. The summed E-state index contributed by atoms with van der Waals surface area (Å²) >= 11 is 5.85. The van der Waals surface area contributed by atoms with E-state index in [0.717, 1.165) is 12.8 Å². The van der Waals surface area contributed by atoms with Crippen LogP contribution in [0.25, 0.3) is 0 Å². The van der Waals surface area contributed by atoms with E-state index in [1.54, 1.807) is 0 Å². The molecule has 0 bridgehead atoms. The lowest BCUT2D eigenvalue weighted by molar-refractivity contribution is 0.0941. The lowest BCUT2D eigenvalue weighted by Crippen LogP contribution is -2.51. The van der Waals surface area contributed by atoms with Crippen LogP contribution in [0.4, 0.5) is 5.95 Å². The van der Waals surface area contributed by atoms with Crippen LogP contribution in [0.15, 0.2) is 6.33 Å². The fourth-order valence-corrected chi connectivity index (χ4v) is 10.5. The molecule has 0 aliphatic heterocycles. The lowest BCUT2D eigenvalue weighted by atomic mass is 10.1. The predicted molar refractivity (Wildman–Crippen MR) is 108 cm³/mol. The molecule has 1 aliphatic carbocycles. The molecule has 0 spiro atoms. The number of hydrogen-bond donors (Lipinski definition) is 2. The molecule has 1 heterocycles. The molecule has 0 radical (unpaired) electrons. The zero-order valence-electron chi connectivity index (χ0n) is 16.7. The van der Waals surface area contributed by atoms with Gasteiger partial charge in [0.05, 0.1) is 6.10 Å². The van der Waals surface area contributed by atoms with Gasteiger partial charge in [0, 0.05) is 18.6 Å². The molecular weight excluding hydrogens is 368 g/mol. The molecule has 6 nitrogen and oxygen atoms in total. The Balaban J connectivity index is 2.15. The first-order valence-electron chi connectivity index (χ1n) is 9.60. The van der Waals surface area contributed by atoms with Gasteiger partial charge in [-0.25, -0.2) is 9.97 Å². The molecule has 3 atom stereocenters. The standard InChI is InChI=1S/C18H33ClN4O2Si/c1-11(2)26(12(3)4,13(5)6)25-16-8-15(7-14(16)9-24)22-18-21-10-20-17(19)23-18/h10-16,24H,7-9H2,1-6H3,(H,20,21,22,23)/t14-,15-,16+/m1/s1. The molecule has 1 aliphatic rings. The highest BCUT2D eigenvalue weighted by atomic mass is 35.5. The summed E-state index contributed by atoms with van der Waals surface area (Å²) in [6.45, 7) is 13.9. The Morgan fingerprint density at radius 1 is 1.15 bits per heavy atom. The van der Waals surface area contributed by atoms with Gasteiger partial charge in [-0.1, -0.05) is 41.5 Å². The molecule has 0 saturated heterocycles. The number of halogens is 1. The van der Waals surface area contributed by atoms with Gasteiger partial charge in [0.15, 0.2) is 0 Å². The Bertz CT molecular complexity index is 566. The van der Waals surface area contributed by atoms with Gasteiger partial charge in [-0.2, -0.15) is 4.98 Å². The third-order valence-corrected chi connectivity index (χ3v) is 12.1. The van der Waals surface area contributed by atoms with Gasteiger partial charge >= 0.3 is 0 Å². The van der Waals surface area contributed by atoms with E-state index >= 15 is 0 Å². The summed E-state index contributed by atoms with van der Waals surface area (Å²) in [7, 11) is -1.98. The van der Waals surface area contributed by atoms with Crippen LogP contribution in [0.3, 0.4) is 0 Å². The SMILES string of the molecule is CC(C)[Si](O[C@H]1C[C@H](Nc2ncnc(Cl)n2)C[C@@H]1CO)(C(C)C)C(C)C. The van der Waals surface area contributed by atoms with Crippen molar-refractivity contribution in [3.63, 3.8) is 0 Å². The van der Waals surface area contributed by atoms with Crippen LogP contribution < -0.4 is 5.32 Å². The largest absolute Gasteiger partial charge is 0.413 e. The fourth-order valence-electron chi connectivity index (χ4n) is 4.74. The molecular formula is C18H33ClN4O2Si. The third kappa shape index (κ3) is 4.55. The molecule has 26 heavy (non-hydrogen) atoms. The van der Waals surface area contributed by atoms with Gasteiger partial charge in [-0.3, -0.25) is 0 Å². The lowest BCUT2D eigenvalue weighted by Gasteiger charge is -2.45. The van der Waals surface area contributed by atoms with Crippen molar-refractivity contribution in [1.29, 1.82) is 0 Å². The van der Waals surface area contributed by atoms with Crippen LogP contribution in [-0.4, -0.2) is 47.1 Å². The Hall–Kier alpha value is -0.763. The van der Waals surface area contributed by atoms with Crippen LogP contribution in [0, 0.1) is 5.92 Å². The monoisotopic (exact) mass is 400 g/mol. The van der Waals surface area contributed by atoms with Crippen LogP contribution in [-0.2, 0) is 4.43 Å². The van der Waals surface area contributed by atoms with Crippen molar-refractivity contribution in [2.24, 2.45) is 5.92 Å². The summed E-state index contributed by atoms with van der Waals surface area (Å²) in [5.74, 6) is 0.611. The Kier molecular flexibility index (Phi) is 7.41. The maximum Gasteiger partial charge on any atom is 0.227 e. The number of aliphatic hydroxyl groups is 1. The second kappa shape index (κ2) is 8.95. The number of rotatable bonds is 8. The van der Waals surface area contributed by atoms with Gasteiger partial charge < -0.3 is 14.8 Å². The minimum absolute atomic E-state index is 0.0636. The highest BCUT2D eigenvalue weighted by molar-refractivity contribution is 6.77. The Morgan fingerprint density at radius 2 is 1.77 bits per heavy atom. The van der Waals surface area contributed by atoms with E-state index in [0.29, 0.717) is 22.6 Å². The maximum absolute atomic E-state index is 9.92. The molecule has 148 valence electrons. The summed E-state index contributed by atoms with van der Waals surface area (Å²) in [5.41, 5.74) is 1.57. The van der Waals surface area contributed by atoms with E-state index in [4.69, 9.17) is 16.0 Å². The summed E-state index contributed by atoms with van der Waals surface area (Å²) in [5, 5.41) is 13.4. The summed E-state index contributed by atoms with van der Waals surface area (Å²) in [4.78, 5) is 12.0. The van der Waals surface area contributed by atoms with Crippen molar-refractivity contribution in [3.05, 3.63) is 11.6 Å². The first-order valence-corrected chi connectivity index (χ1v) is 12.1. The van der Waals surface area contributed by atoms with E-state index in [1.807, 2.05) is 0 Å². The summed E-state index contributed by atoms with van der Waals surface area (Å²) in [6, 6.07) is 0.161. The molecule has 1 aromatic heterocycles. The number of hydrogen-bond acceptors (Lipinski definition) is 6. The van der Waals surface area contributed by atoms with Crippen LogP contribution in [0.1, 0.15) is 54.4 Å². The van der Waals surface area contributed by atoms with Gasteiger partial charge in [0.25, 0.3) is 0 Å². The van der Waals surface area contributed by atoms with Gasteiger partial charge in [-0.15, -0.1) is 0 Å². The van der Waals surface area contributed by atoms with E-state index in [9.17, 15) is 5.11 Å². The Labute approximate surface area is 163 Å². The molecule has 2 N–H and O–H groups in total. The molecule has 0 amide bonds. The van der Waals surface area contributed by atoms with E-state index in [-0.39, 0.29) is 30.0 Å². The average Bonchev–Trinajstić information content (AvgIpc) is 2.92. The normalized spacial score (nSPS) is 24.0. The van der Waals surface area contributed by atoms with Crippen molar-refractivity contribution in [2.75, 3.05) is 11.9 Å². The van der Waals surface area contributed by atoms with Gasteiger partial charge in [0.1, 0.15) is 6.33 Å². The smallest absolute Gasteiger partial charge is 0.227 e. The van der Waals surface area contributed by atoms with Crippen molar-refractivity contribution in [3.8, 4) is 0 Å². The second-order valence-corrected chi connectivity index (χ2v) is 14.1. The molecule has 0 aromatic carbocycles. The van der Waals surface area contributed by atoms with Crippen LogP contribution in [0.2, 0.25) is 21.9 Å². The Morgan fingerprint density at radius 3 is 2.27 bits per heavy atom. The van der Waals surface area contributed by atoms with Gasteiger partial charge in [0.2, 0.25) is 19.5 Å².